The van der Waals surface area contributed by atoms with Crippen molar-refractivity contribution >= 4 is 28.0 Å². The molecule has 6 nitrogen and oxygen atoms in total. The Morgan fingerprint density at radius 1 is 1.06 bits per heavy atom. The lowest BCUT2D eigenvalue weighted by atomic mass is 10.1. The van der Waals surface area contributed by atoms with Crippen LogP contribution in [0.1, 0.15) is 72.0 Å². The fourth-order valence-corrected chi connectivity index (χ4v) is 3.85. The second-order valence-electron chi connectivity index (χ2n) is 9.14. The molecule has 2 heterocycles. The van der Waals surface area contributed by atoms with Crippen molar-refractivity contribution in [3.8, 4) is 0 Å². The van der Waals surface area contributed by atoms with E-state index in [0.29, 0.717) is 6.54 Å². The number of nitrogens with zero attached hydrogens (tertiary/aromatic N) is 3. The number of unbranched alkanes of at least 4 members (excludes halogenated alkanes) is 4. The Hall–Kier alpha value is -2.63. The molecule has 0 unspecified atom stereocenters. The molecule has 2 aromatic heterocycles. The molecule has 0 fully saturated rings. The van der Waals surface area contributed by atoms with E-state index >= 15 is 0 Å². The lowest BCUT2D eigenvalue weighted by molar-refractivity contribution is 0.0527. The molecule has 0 saturated carbocycles. The van der Waals surface area contributed by atoms with Gasteiger partial charge in [0, 0.05) is 24.9 Å². The van der Waals surface area contributed by atoms with Crippen molar-refractivity contribution in [2.24, 2.45) is 0 Å². The molecule has 1 amide bonds. The summed E-state index contributed by atoms with van der Waals surface area (Å²) < 4.78 is 7.68. The lowest BCUT2D eigenvalue weighted by Crippen LogP contribution is -2.33. The average Bonchev–Trinajstić information content (AvgIpc) is 3.07. The first-order chi connectivity index (χ1) is 14.9. The number of rotatable bonds is 10. The summed E-state index contributed by atoms with van der Waals surface area (Å²) >= 11 is 0. The van der Waals surface area contributed by atoms with E-state index in [0.717, 1.165) is 54.5 Å². The van der Waals surface area contributed by atoms with Crippen molar-refractivity contribution in [1.82, 2.24) is 19.9 Å². The highest BCUT2D eigenvalue weighted by atomic mass is 16.6. The van der Waals surface area contributed by atoms with E-state index in [9.17, 15) is 4.79 Å². The Morgan fingerprint density at radius 3 is 2.65 bits per heavy atom. The molecule has 0 saturated heterocycles. The molecule has 0 bridgehead atoms. The zero-order valence-corrected chi connectivity index (χ0v) is 19.4. The van der Waals surface area contributed by atoms with Crippen LogP contribution in [0.4, 0.5) is 4.79 Å². The molecule has 168 valence electrons. The first kappa shape index (κ1) is 23.0. The summed E-state index contributed by atoms with van der Waals surface area (Å²) in [6.07, 6.45) is 9.26. The summed E-state index contributed by atoms with van der Waals surface area (Å²) in [5.41, 5.74) is 2.68. The summed E-state index contributed by atoms with van der Waals surface area (Å²) in [5, 5.41) is 4.01. The van der Waals surface area contributed by atoms with E-state index in [2.05, 4.69) is 40.0 Å². The first-order valence-corrected chi connectivity index (χ1v) is 11.6. The van der Waals surface area contributed by atoms with Crippen molar-refractivity contribution in [2.75, 3.05) is 6.54 Å². The van der Waals surface area contributed by atoms with Gasteiger partial charge in [-0.15, -0.1) is 0 Å². The Bertz CT molecular complexity index is 1000. The van der Waals surface area contributed by atoms with Gasteiger partial charge in [0.05, 0.1) is 17.2 Å². The quantitative estimate of drug-likeness (QED) is 0.405. The van der Waals surface area contributed by atoms with Crippen LogP contribution in [-0.2, 0) is 17.7 Å². The van der Waals surface area contributed by atoms with Gasteiger partial charge in [-0.1, -0.05) is 44.4 Å². The minimum Gasteiger partial charge on any atom is -0.444 e. The van der Waals surface area contributed by atoms with Crippen molar-refractivity contribution in [1.29, 1.82) is 0 Å². The molecule has 1 N–H and O–H groups in total. The summed E-state index contributed by atoms with van der Waals surface area (Å²) in [5.74, 6) is 1.14. The van der Waals surface area contributed by atoms with Gasteiger partial charge in [-0.25, -0.2) is 9.78 Å². The summed E-state index contributed by atoms with van der Waals surface area (Å²) in [4.78, 5) is 21.4. The number of alkyl carbamates (subject to hydrolysis) is 1. The largest absolute Gasteiger partial charge is 0.444 e. The van der Waals surface area contributed by atoms with E-state index < -0.39 is 5.60 Å². The molecule has 31 heavy (non-hydrogen) atoms. The molecular formula is C25H36N4O2. The number of imidazole rings is 1. The van der Waals surface area contributed by atoms with Crippen LogP contribution in [0.25, 0.3) is 21.9 Å². The zero-order chi connectivity index (χ0) is 22.3. The maximum Gasteiger partial charge on any atom is 0.407 e. The number of amides is 1. The Morgan fingerprint density at radius 2 is 1.87 bits per heavy atom. The van der Waals surface area contributed by atoms with Gasteiger partial charge < -0.3 is 14.6 Å². The van der Waals surface area contributed by atoms with Gasteiger partial charge in [-0.05, 0) is 46.1 Å². The third-order valence-corrected chi connectivity index (χ3v) is 5.29. The number of nitrogens with one attached hydrogen (secondary N) is 1. The van der Waals surface area contributed by atoms with Gasteiger partial charge in [0.15, 0.2) is 0 Å². The Kier molecular flexibility index (Phi) is 7.88. The van der Waals surface area contributed by atoms with Crippen LogP contribution in [0, 0.1) is 0 Å². The fourth-order valence-electron chi connectivity index (χ4n) is 3.85. The summed E-state index contributed by atoms with van der Waals surface area (Å²) in [7, 11) is 0. The highest BCUT2D eigenvalue weighted by Crippen LogP contribution is 2.26. The molecule has 1 aromatic carbocycles. The van der Waals surface area contributed by atoms with E-state index in [4.69, 9.17) is 9.72 Å². The monoisotopic (exact) mass is 424 g/mol. The minimum atomic E-state index is -0.471. The van der Waals surface area contributed by atoms with Crippen LogP contribution in [0.2, 0.25) is 0 Å². The SMILES string of the molecule is CCCCCCc1nc2cnc3ccccc3c2n1CCCCNC(=O)OC(C)(C)C. The number of aryl methyl sites for hydroxylation is 2. The van der Waals surface area contributed by atoms with Gasteiger partial charge in [0.25, 0.3) is 0 Å². The third kappa shape index (κ3) is 6.42. The number of hydrogen-bond acceptors (Lipinski definition) is 4. The van der Waals surface area contributed by atoms with E-state index in [1.54, 1.807) is 0 Å². The van der Waals surface area contributed by atoms with Crippen molar-refractivity contribution in [2.45, 2.75) is 84.8 Å². The predicted molar refractivity (Wildman–Crippen MR) is 126 cm³/mol. The molecule has 0 atom stereocenters. The number of fused-ring (bicyclic) bond motifs is 3. The molecule has 0 radical (unpaired) electrons. The predicted octanol–water partition coefficient (Wildman–Crippen LogP) is 6.01. The molecular weight excluding hydrogens is 388 g/mol. The van der Waals surface area contributed by atoms with Crippen molar-refractivity contribution in [3.05, 3.63) is 36.3 Å². The molecule has 0 aliphatic heterocycles. The molecule has 6 heteroatoms. The second kappa shape index (κ2) is 10.6. The van der Waals surface area contributed by atoms with Gasteiger partial charge in [-0.2, -0.15) is 0 Å². The van der Waals surface area contributed by atoms with Gasteiger partial charge >= 0.3 is 6.09 Å². The first-order valence-electron chi connectivity index (χ1n) is 11.6. The average molecular weight is 425 g/mol. The maximum atomic E-state index is 11.8. The second-order valence-corrected chi connectivity index (χ2v) is 9.14. The van der Waals surface area contributed by atoms with Gasteiger partial charge in [0.1, 0.15) is 16.9 Å². The Balaban J connectivity index is 1.70. The van der Waals surface area contributed by atoms with Crippen LogP contribution in [0.15, 0.2) is 30.5 Å². The minimum absolute atomic E-state index is 0.353. The summed E-state index contributed by atoms with van der Waals surface area (Å²) in [6, 6.07) is 8.27. The topological polar surface area (TPSA) is 69.0 Å². The van der Waals surface area contributed by atoms with Crippen LogP contribution < -0.4 is 5.32 Å². The smallest absolute Gasteiger partial charge is 0.407 e. The highest BCUT2D eigenvalue weighted by Gasteiger charge is 2.16. The highest BCUT2D eigenvalue weighted by molar-refractivity contribution is 6.02. The fraction of sp³-hybridized carbons (Fsp3) is 0.560. The number of carbonyl (C=O) groups is 1. The standard InChI is InChI=1S/C25H36N4O2/c1-5-6-7-8-15-22-28-21-18-27-20-14-10-9-13-19(20)23(21)29(22)17-12-11-16-26-24(30)31-25(2,3)4/h9-10,13-14,18H,5-8,11-12,15-17H2,1-4H3,(H,26,30). The van der Waals surface area contributed by atoms with E-state index in [-0.39, 0.29) is 6.09 Å². The number of benzene rings is 1. The normalized spacial score (nSPS) is 11.9. The number of aromatic nitrogens is 3. The molecule has 3 rings (SSSR count). The van der Waals surface area contributed by atoms with Crippen molar-refractivity contribution in [3.63, 3.8) is 0 Å². The van der Waals surface area contributed by atoms with Crippen LogP contribution in [0.3, 0.4) is 0 Å². The lowest BCUT2D eigenvalue weighted by Gasteiger charge is -2.19. The third-order valence-electron chi connectivity index (χ3n) is 5.29. The van der Waals surface area contributed by atoms with Crippen LogP contribution in [-0.4, -0.2) is 32.8 Å². The van der Waals surface area contributed by atoms with E-state index in [1.165, 1.54) is 24.8 Å². The number of para-hydroxylation sites is 1. The number of ether oxygens (including phenoxy) is 1. The van der Waals surface area contributed by atoms with Gasteiger partial charge in [-0.3, -0.25) is 4.98 Å². The van der Waals surface area contributed by atoms with Crippen LogP contribution in [0.5, 0.6) is 0 Å². The number of carbonyl (C=O) groups excluding carboxylic acids is 1. The van der Waals surface area contributed by atoms with Gasteiger partial charge in [0.2, 0.25) is 0 Å². The zero-order valence-electron chi connectivity index (χ0n) is 19.4. The Labute approximate surface area is 185 Å². The van der Waals surface area contributed by atoms with E-state index in [1.807, 2.05) is 33.0 Å². The van der Waals surface area contributed by atoms with Crippen LogP contribution >= 0.6 is 0 Å². The molecule has 0 aliphatic rings. The molecule has 0 spiro atoms. The molecule has 0 aliphatic carbocycles. The maximum absolute atomic E-state index is 11.8. The summed E-state index contributed by atoms with van der Waals surface area (Å²) in [6.45, 7) is 9.34. The van der Waals surface area contributed by atoms with Crippen molar-refractivity contribution < 1.29 is 9.53 Å². The molecule has 3 aromatic rings. The number of hydrogen-bond donors (Lipinski definition) is 1. The number of pyridine rings is 1.